The second-order valence-electron chi connectivity index (χ2n) is 4.88. The van der Waals surface area contributed by atoms with E-state index in [4.69, 9.17) is 15.2 Å². The first-order chi connectivity index (χ1) is 10.2. The van der Waals surface area contributed by atoms with Crippen LogP contribution in [0.5, 0.6) is 11.5 Å². The number of methoxy groups -OCH3 is 1. The van der Waals surface area contributed by atoms with Crippen LogP contribution >= 0.6 is 11.3 Å². The summed E-state index contributed by atoms with van der Waals surface area (Å²) in [6.45, 7) is 5.18. The van der Waals surface area contributed by atoms with E-state index in [-0.39, 0.29) is 5.92 Å². The Morgan fingerprint density at radius 1 is 1.33 bits per heavy atom. The number of benzene rings is 1. The fourth-order valence-corrected chi connectivity index (χ4v) is 3.14. The Kier molecular flexibility index (Phi) is 5.59. The maximum absolute atomic E-state index is 5.93. The summed E-state index contributed by atoms with van der Waals surface area (Å²) in [6.07, 6.45) is 0.855. The number of nitrogens with zero attached hydrogens (tertiary/aromatic N) is 1. The van der Waals surface area contributed by atoms with Gasteiger partial charge in [-0.1, -0.05) is 6.07 Å². The molecule has 2 N–H and O–H groups in total. The molecule has 1 atom stereocenters. The quantitative estimate of drug-likeness (QED) is 0.854. The van der Waals surface area contributed by atoms with E-state index < -0.39 is 0 Å². The van der Waals surface area contributed by atoms with Crippen LogP contribution in [0.25, 0.3) is 0 Å². The largest absolute Gasteiger partial charge is 0.493 e. The summed E-state index contributed by atoms with van der Waals surface area (Å²) in [4.78, 5) is 4.55. The van der Waals surface area contributed by atoms with Crippen molar-refractivity contribution < 1.29 is 9.47 Å². The molecule has 114 valence electrons. The summed E-state index contributed by atoms with van der Waals surface area (Å²) < 4.78 is 10.9. The molecule has 1 unspecified atom stereocenters. The Balaban J connectivity index is 2.19. The van der Waals surface area contributed by atoms with Gasteiger partial charge in [-0.15, -0.1) is 11.3 Å². The van der Waals surface area contributed by atoms with Crippen LogP contribution in [-0.2, 0) is 6.42 Å². The third kappa shape index (κ3) is 3.95. The van der Waals surface area contributed by atoms with E-state index in [0.29, 0.717) is 13.2 Å². The van der Waals surface area contributed by atoms with Crippen LogP contribution < -0.4 is 15.2 Å². The van der Waals surface area contributed by atoms with E-state index in [0.717, 1.165) is 28.6 Å². The molecule has 21 heavy (non-hydrogen) atoms. The van der Waals surface area contributed by atoms with E-state index in [2.05, 4.69) is 16.4 Å². The van der Waals surface area contributed by atoms with Gasteiger partial charge in [0.25, 0.3) is 0 Å². The lowest BCUT2D eigenvalue weighted by Gasteiger charge is -2.15. The molecule has 1 heterocycles. The highest BCUT2D eigenvalue weighted by Gasteiger charge is 2.15. The zero-order valence-corrected chi connectivity index (χ0v) is 13.6. The highest BCUT2D eigenvalue weighted by atomic mass is 32.1. The van der Waals surface area contributed by atoms with Crippen LogP contribution in [-0.4, -0.2) is 25.2 Å². The number of aromatic nitrogens is 1. The molecule has 0 aliphatic heterocycles. The minimum Gasteiger partial charge on any atom is -0.493 e. The van der Waals surface area contributed by atoms with Gasteiger partial charge < -0.3 is 15.2 Å². The number of rotatable bonds is 7. The molecule has 2 rings (SSSR count). The lowest BCUT2D eigenvalue weighted by atomic mass is 9.99. The van der Waals surface area contributed by atoms with E-state index >= 15 is 0 Å². The van der Waals surface area contributed by atoms with Gasteiger partial charge >= 0.3 is 0 Å². The molecule has 4 nitrogen and oxygen atoms in total. The Morgan fingerprint density at radius 2 is 2.14 bits per heavy atom. The standard InChI is InChI=1S/C16H22N2O2S/c1-4-20-15-8-12(5-6-14(15)19-3)7-13(9-17)16-18-11(2)10-21-16/h5-6,8,10,13H,4,7,9,17H2,1-3H3. The fourth-order valence-electron chi connectivity index (χ4n) is 2.23. The van der Waals surface area contributed by atoms with Crippen LogP contribution in [0.2, 0.25) is 0 Å². The molecular weight excluding hydrogens is 284 g/mol. The molecule has 1 aromatic heterocycles. The number of ether oxygens (including phenoxy) is 2. The maximum atomic E-state index is 5.93. The van der Waals surface area contributed by atoms with E-state index in [1.54, 1.807) is 18.4 Å². The van der Waals surface area contributed by atoms with Gasteiger partial charge in [0, 0.05) is 23.5 Å². The molecule has 0 aliphatic carbocycles. The summed E-state index contributed by atoms with van der Waals surface area (Å²) in [5, 5.41) is 3.17. The zero-order valence-electron chi connectivity index (χ0n) is 12.8. The second kappa shape index (κ2) is 7.43. The predicted octanol–water partition coefficient (Wildman–Crippen LogP) is 3.14. The third-order valence-corrected chi connectivity index (χ3v) is 4.41. The van der Waals surface area contributed by atoms with Gasteiger partial charge in [0.1, 0.15) is 0 Å². The average molecular weight is 306 g/mol. The van der Waals surface area contributed by atoms with Gasteiger partial charge in [-0.25, -0.2) is 4.98 Å². The lowest BCUT2D eigenvalue weighted by molar-refractivity contribution is 0.310. The molecule has 0 aliphatic rings. The van der Waals surface area contributed by atoms with Crippen molar-refractivity contribution in [1.29, 1.82) is 0 Å². The Bertz CT molecular complexity index is 583. The molecule has 0 spiro atoms. The Labute approximate surface area is 129 Å². The topological polar surface area (TPSA) is 57.4 Å². The summed E-state index contributed by atoms with van der Waals surface area (Å²) in [6, 6.07) is 6.04. The van der Waals surface area contributed by atoms with Crippen LogP contribution in [0, 0.1) is 6.92 Å². The number of hydrogen-bond donors (Lipinski definition) is 1. The monoisotopic (exact) mass is 306 g/mol. The minimum atomic E-state index is 0.242. The number of aryl methyl sites for hydroxylation is 1. The first-order valence-electron chi connectivity index (χ1n) is 7.09. The molecule has 0 amide bonds. The lowest BCUT2D eigenvalue weighted by Crippen LogP contribution is -2.15. The molecule has 0 fully saturated rings. The van der Waals surface area contributed by atoms with Gasteiger partial charge in [-0.2, -0.15) is 0 Å². The van der Waals surface area contributed by atoms with E-state index in [1.165, 1.54) is 5.56 Å². The number of nitrogens with two attached hydrogens (primary N) is 1. The summed E-state index contributed by atoms with van der Waals surface area (Å²) in [5.74, 6) is 1.78. The van der Waals surface area contributed by atoms with Gasteiger partial charge in [0.05, 0.1) is 18.7 Å². The number of hydrogen-bond acceptors (Lipinski definition) is 5. The average Bonchev–Trinajstić information content (AvgIpc) is 2.92. The number of thiazole rings is 1. The van der Waals surface area contributed by atoms with Crippen LogP contribution in [0.15, 0.2) is 23.6 Å². The van der Waals surface area contributed by atoms with Crippen molar-refractivity contribution in [3.8, 4) is 11.5 Å². The minimum absolute atomic E-state index is 0.242. The fraction of sp³-hybridized carbons (Fsp3) is 0.438. The van der Waals surface area contributed by atoms with Gasteiger partial charge in [0.2, 0.25) is 0 Å². The zero-order chi connectivity index (χ0) is 15.2. The summed E-state index contributed by atoms with van der Waals surface area (Å²) >= 11 is 1.68. The van der Waals surface area contributed by atoms with E-state index in [1.807, 2.05) is 26.0 Å². The van der Waals surface area contributed by atoms with Gasteiger partial charge in [0.15, 0.2) is 11.5 Å². The van der Waals surface area contributed by atoms with Gasteiger partial charge in [-0.3, -0.25) is 0 Å². The van der Waals surface area contributed by atoms with Crippen LogP contribution in [0.4, 0.5) is 0 Å². The molecular formula is C16H22N2O2S. The van der Waals surface area contributed by atoms with Crippen molar-refractivity contribution in [1.82, 2.24) is 4.98 Å². The van der Waals surface area contributed by atoms with Crippen LogP contribution in [0.3, 0.4) is 0 Å². The normalized spacial score (nSPS) is 12.2. The molecule has 0 bridgehead atoms. The molecule has 0 radical (unpaired) electrons. The van der Waals surface area contributed by atoms with Crippen molar-refractivity contribution in [3.63, 3.8) is 0 Å². The van der Waals surface area contributed by atoms with Crippen molar-refractivity contribution in [2.45, 2.75) is 26.2 Å². The molecule has 1 aromatic carbocycles. The molecule has 5 heteroatoms. The maximum Gasteiger partial charge on any atom is 0.161 e. The molecule has 0 saturated heterocycles. The van der Waals surface area contributed by atoms with E-state index in [9.17, 15) is 0 Å². The summed E-state index contributed by atoms with van der Waals surface area (Å²) in [5.41, 5.74) is 8.16. The molecule has 2 aromatic rings. The Morgan fingerprint density at radius 3 is 2.71 bits per heavy atom. The predicted molar refractivity (Wildman–Crippen MR) is 86.5 cm³/mol. The molecule has 0 saturated carbocycles. The SMILES string of the molecule is CCOc1cc(CC(CN)c2nc(C)cs2)ccc1OC. The van der Waals surface area contributed by atoms with Gasteiger partial charge in [-0.05, 0) is 38.0 Å². The smallest absolute Gasteiger partial charge is 0.161 e. The second-order valence-corrected chi connectivity index (χ2v) is 5.77. The van der Waals surface area contributed by atoms with Crippen molar-refractivity contribution >= 4 is 11.3 Å². The third-order valence-electron chi connectivity index (χ3n) is 3.28. The van der Waals surface area contributed by atoms with Crippen molar-refractivity contribution in [2.24, 2.45) is 5.73 Å². The van der Waals surface area contributed by atoms with Crippen molar-refractivity contribution in [3.05, 3.63) is 39.8 Å². The highest BCUT2D eigenvalue weighted by molar-refractivity contribution is 7.09. The first-order valence-corrected chi connectivity index (χ1v) is 7.97. The Hall–Kier alpha value is -1.59. The van der Waals surface area contributed by atoms with Crippen molar-refractivity contribution in [2.75, 3.05) is 20.3 Å². The first kappa shape index (κ1) is 15.8. The summed E-state index contributed by atoms with van der Waals surface area (Å²) in [7, 11) is 1.65. The van der Waals surface area contributed by atoms with Crippen LogP contribution in [0.1, 0.15) is 29.1 Å². The highest BCUT2D eigenvalue weighted by Crippen LogP contribution is 2.31.